The molecule has 0 aliphatic heterocycles. The first-order chi connectivity index (χ1) is 6.93. The molecule has 0 spiro atoms. The van der Waals surface area contributed by atoms with E-state index < -0.39 is 10.0 Å². The molecule has 7 heteroatoms. The van der Waals surface area contributed by atoms with Crippen LogP contribution in [0.5, 0.6) is 0 Å². The Balaban J connectivity index is 2.65. The van der Waals surface area contributed by atoms with Crippen molar-refractivity contribution in [2.75, 3.05) is 27.2 Å². The molecule has 0 amide bonds. The van der Waals surface area contributed by atoms with Crippen LogP contribution in [0, 0.1) is 0 Å². The summed E-state index contributed by atoms with van der Waals surface area (Å²) >= 11 is 4.41. The lowest BCUT2D eigenvalue weighted by Crippen LogP contribution is -2.31. The molecule has 0 saturated heterocycles. The van der Waals surface area contributed by atoms with Gasteiger partial charge in [-0.25, -0.2) is 13.1 Å². The van der Waals surface area contributed by atoms with Crippen molar-refractivity contribution in [1.29, 1.82) is 0 Å². The topological polar surface area (TPSA) is 49.4 Å². The Kier molecular flexibility index (Phi) is 4.72. The van der Waals surface area contributed by atoms with E-state index >= 15 is 0 Å². The highest BCUT2D eigenvalue weighted by Gasteiger charge is 2.18. The van der Waals surface area contributed by atoms with E-state index in [-0.39, 0.29) is 0 Å². The maximum absolute atomic E-state index is 11.7. The number of hydrogen-bond acceptors (Lipinski definition) is 4. The van der Waals surface area contributed by atoms with E-state index in [1.54, 1.807) is 11.4 Å². The van der Waals surface area contributed by atoms with Gasteiger partial charge in [-0.2, -0.15) is 0 Å². The smallest absolute Gasteiger partial charge is 0.251 e. The second-order valence-corrected chi connectivity index (χ2v) is 6.99. The summed E-state index contributed by atoms with van der Waals surface area (Å²) in [5, 5.41) is 1.74. The lowest BCUT2D eigenvalue weighted by atomic mass is 10.6. The molecule has 86 valence electrons. The molecule has 0 saturated carbocycles. The van der Waals surface area contributed by atoms with Crippen LogP contribution >= 0.6 is 27.3 Å². The monoisotopic (exact) mass is 312 g/mol. The number of hydrogen-bond donors (Lipinski definition) is 1. The van der Waals surface area contributed by atoms with Crippen molar-refractivity contribution in [3.05, 3.63) is 15.9 Å². The zero-order valence-electron chi connectivity index (χ0n) is 8.53. The largest absolute Gasteiger partial charge is 0.308 e. The van der Waals surface area contributed by atoms with Crippen LogP contribution in [0.4, 0.5) is 0 Å². The highest BCUT2D eigenvalue weighted by atomic mass is 79.9. The van der Waals surface area contributed by atoms with Crippen LogP contribution in [-0.4, -0.2) is 40.5 Å². The number of nitrogens with zero attached hydrogens (tertiary/aromatic N) is 1. The van der Waals surface area contributed by atoms with Crippen LogP contribution in [0.25, 0.3) is 0 Å². The summed E-state index contributed by atoms with van der Waals surface area (Å²) in [5.41, 5.74) is 0. The van der Waals surface area contributed by atoms with Crippen molar-refractivity contribution in [2.24, 2.45) is 0 Å². The highest BCUT2D eigenvalue weighted by Crippen LogP contribution is 2.26. The number of rotatable bonds is 5. The second-order valence-electron chi connectivity index (χ2n) is 3.26. The Hall–Kier alpha value is 0.0500. The van der Waals surface area contributed by atoms with E-state index in [1.807, 2.05) is 19.0 Å². The summed E-state index contributed by atoms with van der Waals surface area (Å²) in [5.74, 6) is 0. The number of halogens is 1. The number of nitrogens with one attached hydrogen (secondary N) is 1. The molecule has 0 fully saturated rings. The maximum Gasteiger partial charge on any atom is 0.251 e. The molecule has 0 aliphatic rings. The third-order valence-electron chi connectivity index (χ3n) is 1.68. The number of sulfonamides is 1. The molecule has 0 aromatic carbocycles. The Morgan fingerprint density at radius 2 is 2.20 bits per heavy atom. The van der Waals surface area contributed by atoms with Crippen LogP contribution in [0.2, 0.25) is 0 Å². The summed E-state index contributed by atoms with van der Waals surface area (Å²) < 4.78 is 27.0. The van der Waals surface area contributed by atoms with Gasteiger partial charge in [0.1, 0.15) is 4.21 Å². The van der Waals surface area contributed by atoms with Gasteiger partial charge in [-0.05, 0) is 41.5 Å². The summed E-state index contributed by atoms with van der Waals surface area (Å²) in [6.45, 7) is 1.10. The molecule has 1 aromatic rings. The Morgan fingerprint density at radius 1 is 1.53 bits per heavy atom. The van der Waals surface area contributed by atoms with Gasteiger partial charge in [-0.15, -0.1) is 11.3 Å². The van der Waals surface area contributed by atoms with Crippen LogP contribution in [-0.2, 0) is 10.0 Å². The van der Waals surface area contributed by atoms with Gasteiger partial charge in [-0.3, -0.25) is 0 Å². The predicted molar refractivity (Wildman–Crippen MR) is 65.8 cm³/mol. The van der Waals surface area contributed by atoms with Crippen molar-refractivity contribution in [2.45, 2.75) is 4.21 Å². The zero-order valence-corrected chi connectivity index (χ0v) is 11.7. The first-order valence-corrected chi connectivity index (χ1v) is 7.46. The fraction of sp³-hybridized carbons (Fsp3) is 0.500. The molecule has 0 atom stereocenters. The van der Waals surface area contributed by atoms with Gasteiger partial charge < -0.3 is 4.90 Å². The van der Waals surface area contributed by atoms with Crippen LogP contribution < -0.4 is 4.72 Å². The molecule has 15 heavy (non-hydrogen) atoms. The SMILES string of the molecule is CN(C)CCNS(=O)(=O)c1sccc1Br. The third-order valence-corrected chi connectivity index (χ3v) is 5.81. The van der Waals surface area contributed by atoms with Gasteiger partial charge in [0.05, 0.1) is 0 Å². The van der Waals surface area contributed by atoms with E-state index in [0.717, 1.165) is 0 Å². The highest BCUT2D eigenvalue weighted by molar-refractivity contribution is 9.10. The molecule has 0 bridgehead atoms. The van der Waals surface area contributed by atoms with E-state index in [2.05, 4.69) is 20.7 Å². The molecule has 0 unspecified atom stereocenters. The van der Waals surface area contributed by atoms with Crippen LogP contribution in [0.3, 0.4) is 0 Å². The van der Waals surface area contributed by atoms with Gasteiger partial charge >= 0.3 is 0 Å². The molecule has 1 N–H and O–H groups in total. The first-order valence-electron chi connectivity index (χ1n) is 4.31. The van der Waals surface area contributed by atoms with E-state index in [4.69, 9.17) is 0 Å². The lowest BCUT2D eigenvalue weighted by molar-refractivity contribution is 0.412. The fourth-order valence-electron chi connectivity index (χ4n) is 0.941. The average molecular weight is 313 g/mol. The van der Waals surface area contributed by atoms with E-state index in [1.165, 1.54) is 11.3 Å². The Bertz CT molecular complexity index is 414. The Labute approximate surface area is 102 Å². The maximum atomic E-state index is 11.7. The fourth-order valence-corrected chi connectivity index (χ4v) is 4.34. The summed E-state index contributed by atoms with van der Waals surface area (Å²) in [6, 6.07) is 1.73. The third kappa shape index (κ3) is 3.84. The molecule has 4 nitrogen and oxygen atoms in total. The van der Waals surface area contributed by atoms with Crippen molar-refractivity contribution >= 4 is 37.3 Å². The molecule has 1 heterocycles. The molecule has 1 rings (SSSR count). The van der Waals surface area contributed by atoms with Crippen molar-refractivity contribution < 1.29 is 8.42 Å². The van der Waals surface area contributed by atoms with Crippen LogP contribution in [0.1, 0.15) is 0 Å². The van der Waals surface area contributed by atoms with Crippen molar-refractivity contribution in [3.8, 4) is 0 Å². The zero-order chi connectivity index (χ0) is 11.5. The second kappa shape index (κ2) is 5.40. The van der Waals surface area contributed by atoms with E-state index in [9.17, 15) is 8.42 Å². The van der Waals surface area contributed by atoms with Crippen molar-refractivity contribution in [3.63, 3.8) is 0 Å². The summed E-state index contributed by atoms with van der Waals surface area (Å²) in [6.07, 6.45) is 0. The molecule has 1 aromatic heterocycles. The minimum atomic E-state index is -3.35. The van der Waals surface area contributed by atoms with Crippen LogP contribution in [0.15, 0.2) is 20.1 Å². The number of likely N-dealkylation sites (N-methyl/N-ethyl adjacent to an activating group) is 1. The molecular weight excluding hydrogens is 300 g/mol. The molecule has 0 radical (unpaired) electrons. The molecular formula is C8H13BrN2O2S2. The van der Waals surface area contributed by atoms with Crippen molar-refractivity contribution in [1.82, 2.24) is 9.62 Å². The number of thiophene rings is 1. The van der Waals surface area contributed by atoms with Gasteiger partial charge in [0.15, 0.2) is 0 Å². The quantitative estimate of drug-likeness (QED) is 0.893. The predicted octanol–water partition coefficient (Wildman–Crippen LogP) is 1.35. The summed E-state index contributed by atoms with van der Waals surface area (Å²) in [7, 11) is 0.448. The summed E-state index contributed by atoms with van der Waals surface area (Å²) in [4.78, 5) is 1.92. The normalized spacial score (nSPS) is 12.3. The standard InChI is InChI=1S/C8H13BrN2O2S2/c1-11(2)5-4-10-15(12,13)8-7(9)3-6-14-8/h3,6,10H,4-5H2,1-2H3. The van der Waals surface area contributed by atoms with Gasteiger partial charge in [0.25, 0.3) is 10.0 Å². The minimum absolute atomic E-state index is 0.334. The van der Waals surface area contributed by atoms with Gasteiger partial charge in [-0.1, -0.05) is 0 Å². The van der Waals surface area contributed by atoms with E-state index in [0.29, 0.717) is 21.8 Å². The lowest BCUT2D eigenvalue weighted by Gasteiger charge is -2.10. The van der Waals surface area contributed by atoms with Gasteiger partial charge in [0.2, 0.25) is 0 Å². The minimum Gasteiger partial charge on any atom is -0.308 e. The molecule has 0 aliphatic carbocycles. The average Bonchev–Trinajstić information content (AvgIpc) is 2.50. The Morgan fingerprint density at radius 3 is 2.67 bits per heavy atom. The first kappa shape index (κ1) is 13.1. The van der Waals surface area contributed by atoms with Gasteiger partial charge in [0, 0.05) is 17.6 Å².